The highest BCUT2D eigenvalue weighted by Crippen LogP contribution is 2.15. The first-order chi connectivity index (χ1) is 8.79. The minimum absolute atomic E-state index is 0.225. The van der Waals surface area contributed by atoms with Crippen molar-refractivity contribution in [1.29, 1.82) is 0 Å². The summed E-state index contributed by atoms with van der Waals surface area (Å²) in [4.78, 5) is 13.6. The molecule has 1 atom stereocenters. The molecule has 98 valence electrons. The summed E-state index contributed by atoms with van der Waals surface area (Å²) >= 11 is 0. The smallest absolute Gasteiger partial charge is 0.410 e. The van der Waals surface area contributed by atoms with Gasteiger partial charge in [0.05, 0.1) is 13.2 Å². The van der Waals surface area contributed by atoms with E-state index in [2.05, 4.69) is 0 Å². The van der Waals surface area contributed by atoms with Gasteiger partial charge in [-0.25, -0.2) is 4.79 Å². The average molecular weight is 249 g/mol. The first kappa shape index (κ1) is 12.9. The van der Waals surface area contributed by atoms with Gasteiger partial charge in [-0.05, 0) is 12.0 Å². The van der Waals surface area contributed by atoms with Crippen molar-refractivity contribution in [3.8, 4) is 0 Å². The van der Waals surface area contributed by atoms with Crippen LogP contribution in [0.15, 0.2) is 30.3 Å². The van der Waals surface area contributed by atoms with Gasteiger partial charge in [0.1, 0.15) is 0 Å². The fraction of sp³-hybridized carbons (Fsp3) is 0.500. The maximum Gasteiger partial charge on any atom is 0.410 e. The number of ether oxygens (including phenoxy) is 2. The quantitative estimate of drug-likeness (QED) is 0.821. The van der Waals surface area contributed by atoms with Crippen LogP contribution < -0.4 is 0 Å². The molecule has 4 heteroatoms. The molecule has 1 aliphatic rings. The van der Waals surface area contributed by atoms with Crippen LogP contribution in [0, 0.1) is 5.92 Å². The lowest BCUT2D eigenvalue weighted by Gasteiger charge is -2.19. The van der Waals surface area contributed by atoms with Crippen LogP contribution in [-0.4, -0.2) is 37.9 Å². The molecule has 1 amide bonds. The minimum Gasteiger partial charge on any atom is -0.449 e. The number of hydrogen-bond donors (Lipinski definition) is 0. The number of cyclic esters (lactones) is 1. The molecule has 1 aliphatic heterocycles. The molecule has 1 aromatic carbocycles. The van der Waals surface area contributed by atoms with Crippen LogP contribution in [0.25, 0.3) is 0 Å². The predicted molar refractivity (Wildman–Crippen MR) is 68.2 cm³/mol. The zero-order valence-corrected chi connectivity index (χ0v) is 10.7. The molecule has 0 radical (unpaired) electrons. The Bertz CT molecular complexity index is 380. The van der Waals surface area contributed by atoms with Crippen molar-refractivity contribution < 1.29 is 14.3 Å². The van der Waals surface area contributed by atoms with E-state index in [1.165, 1.54) is 0 Å². The van der Waals surface area contributed by atoms with Crippen molar-refractivity contribution in [3.63, 3.8) is 0 Å². The third-order valence-corrected chi connectivity index (χ3v) is 3.13. The van der Waals surface area contributed by atoms with E-state index in [9.17, 15) is 4.79 Å². The summed E-state index contributed by atoms with van der Waals surface area (Å²) in [5.41, 5.74) is 1.12. The molecule has 2 rings (SSSR count). The zero-order chi connectivity index (χ0) is 12.8. The van der Waals surface area contributed by atoms with E-state index in [-0.39, 0.29) is 6.09 Å². The van der Waals surface area contributed by atoms with Crippen LogP contribution in [0.5, 0.6) is 0 Å². The Kier molecular flexibility index (Phi) is 4.59. The van der Waals surface area contributed by atoms with E-state index in [1.807, 2.05) is 30.3 Å². The molecule has 0 N–H and O–H groups in total. The van der Waals surface area contributed by atoms with E-state index in [4.69, 9.17) is 9.47 Å². The molecule has 0 bridgehead atoms. The lowest BCUT2D eigenvalue weighted by atomic mass is 10.1. The van der Waals surface area contributed by atoms with Crippen LogP contribution in [0.3, 0.4) is 0 Å². The normalized spacial score (nSPS) is 20.4. The van der Waals surface area contributed by atoms with Gasteiger partial charge in [-0.1, -0.05) is 30.3 Å². The van der Waals surface area contributed by atoms with E-state index in [0.717, 1.165) is 18.5 Å². The van der Waals surface area contributed by atoms with Gasteiger partial charge in [0.2, 0.25) is 0 Å². The number of amides is 1. The first-order valence-corrected chi connectivity index (χ1v) is 6.24. The standard InChI is InChI=1S/C14H19NO3/c1-17-10-13-7-8-15(14(16)18-11-13)9-12-5-3-2-4-6-12/h2-6,13H,7-11H2,1H3/t13-/m0/s1. The maximum absolute atomic E-state index is 11.8. The van der Waals surface area contributed by atoms with Crippen LogP contribution in [0.4, 0.5) is 4.79 Å². The summed E-state index contributed by atoms with van der Waals surface area (Å²) in [6.45, 7) is 2.44. The Morgan fingerprint density at radius 1 is 1.39 bits per heavy atom. The van der Waals surface area contributed by atoms with Crippen molar-refractivity contribution in [2.45, 2.75) is 13.0 Å². The molecule has 0 spiro atoms. The van der Waals surface area contributed by atoms with Gasteiger partial charge in [-0.2, -0.15) is 0 Å². The van der Waals surface area contributed by atoms with Crippen LogP contribution in [0.1, 0.15) is 12.0 Å². The third-order valence-electron chi connectivity index (χ3n) is 3.13. The average Bonchev–Trinajstić information content (AvgIpc) is 2.56. The molecule has 0 saturated carbocycles. The second-order valence-corrected chi connectivity index (χ2v) is 4.59. The molecule has 4 nitrogen and oxygen atoms in total. The van der Waals surface area contributed by atoms with Crippen LogP contribution in [-0.2, 0) is 16.0 Å². The Labute approximate surface area is 107 Å². The second kappa shape index (κ2) is 6.40. The van der Waals surface area contributed by atoms with Gasteiger partial charge >= 0.3 is 6.09 Å². The summed E-state index contributed by atoms with van der Waals surface area (Å²) in [5.74, 6) is 0.305. The van der Waals surface area contributed by atoms with Gasteiger partial charge in [-0.15, -0.1) is 0 Å². The summed E-state index contributed by atoms with van der Waals surface area (Å²) in [7, 11) is 1.68. The molecule has 1 heterocycles. The lowest BCUT2D eigenvalue weighted by Crippen LogP contribution is -2.30. The molecule has 0 aliphatic carbocycles. The summed E-state index contributed by atoms with van der Waals surface area (Å²) in [5, 5.41) is 0. The number of rotatable bonds is 4. The van der Waals surface area contributed by atoms with E-state index < -0.39 is 0 Å². The van der Waals surface area contributed by atoms with Crippen molar-refractivity contribution in [2.75, 3.05) is 26.9 Å². The fourth-order valence-corrected chi connectivity index (χ4v) is 2.11. The van der Waals surface area contributed by atoms with Gasteiger partial charge in [0.25, 0.3) is 0 Å². The van der Waals surface area contributed by atoms with E-state index >= 15 is 0 Å². The molecule has 0 aromatic heterocycles. The highest BCUT2D eigenvalue weighted by atomic mass is 16.6. The van der Waals surface area contributed by atoms with Gasteiger partial charge in [-0.3, -0.25) is 0 Å². The molecule has 0 unspecified atom stereocenters. The van der Waals surface area contributed by atoms with Gasteiger partial charge < -0.3 is 14.4 Å². The van der Waals surface area contributed by atoms with Crippen molar-refractivity contribution >= 4 is 6.09 Å². The van der Waals surface area contributed by atoms with E-state index in [1.54, 1.807) is 12.0 Å². The number of carbonyl (C=O) groups is 1. The monoisotopic (exact) mass is 249 g/mol. The summed E-state index contributed by atoms with van der Waals surface area (Å²) in [6.07, 6.45) is 0.698. The first-order valence-electron chi connectivity index (χ1n) is 6.24. The molecular formula is C14H19NO3. The van der Waals surface area contributed by atoms with Crippen molar-refractivity contribution in [1.82, 2.24) is 4.90 Å². The highest BCUT2D eigenvalue weighted by Gasteiger charge is 2.23. The molecule has 1 saturated heterocycles. The number of methoxy groups -OCH3 is 1. The predicted octanol–water partition coefficient (Wildman–Crippen LogP) is 2.29. The Morgan fingerprint density at radius 2 is 2.17 bits per heavy atom. The van der Waals surface area contributed by atoms with Gasteiger partial charge in [0, 0.05) is 26.1 Å². The SMILES string of the molecule is COC[C@@H]1CCN(Cc2ccccc2)C(=O)OC1. The second-order valence-electron chi connectivity index (χ2n) is 4.59. The number of carbonyl (C=O) groups excluding carboxylic acids is 1. The van der Waals surface area contributed by atoms with Crippen LogP contribution >= 0.6 is 0 Å². The molecule has 1 fully saturated rings. The Balaban J connectivity index is 1.94. The lowest BCUT2D eigenvalue weighted by molar-refractivity contribution is 0.0845. The van der Waals surface area contributed by atoms with Crippen molar-refractivity contribution in [2.24, 2.45) is 5.92 Å². The van der Waals surface area contributed by atoms with Crippen molar-refractivity contribution in [3.05, 3.63) is 35.9 Å². The highest BCUT2D eigenvalue weighted by molar-refractivity contribution is 5.67. The number of benzene rings is 1. The summed E-state index contributed by atoms with van der Waals surface area (Å²) < 4.78 is 10.4. The minimum atomic E-state index is -0.225. The number of hydrogen-bond acceptors (Lipinski definition) is 3. The molecule has 18 heavy (non-hydrogen) atoms. The Hall–Kier alpha value is -1.55. The topological polar surface area (TPSA) is 38.8 Å². The van der Waals surface area contributed by atoms with E-state index in [0.29, 0.717) is 25.7 Å². The fourth-order valence-electron chi connectivity index (χ4n) is 2.11. The third kappa shape index (κ3) is 3.47. The summed E-state index contributed by atoms with van der Waals surface area (Å²) in [6, 6.07) is 9.97. The molecular weight excluding hydrogens is 230 g/mol. The Morgan fingerprint density at radius 3 is 2.89 bits per heavy atom. The molecule has 1 aromatic rings. The zero-order valence-electron chi connectivity index (χ0n) is 10.7. The maximum atomic E-state index is 11.8. The number of nitrogens with zero attached hydrogens (tertiary/aromatic N) is 1. The van der Waals surface area contributed by atoms with Crippen LogP contribution in [0.2, 0.25) is 0 Å². The van der Waals surface area contributed by atoms with Gasteiger partial charge in [0.15, 0.2) is 0 Å². The largest absolute Gasteiger partial charge is 0.449 e.